The molecule has 0 radical (unpaired) electrons. The second-order valence-corrected chi connectivity index (χ2v) is 7.13. The van der Waals surface area contributed by atoms with Crippen molar-refractivity contribution in [3.05, 3.63) is 60.0 Å². The van der Waals surface area contributed by atoms with Crippen molar-refractivity contribution >= 4 is 28.5 Å². The highest BCUT2D eigenvalue weighted by Gasteiger charge is 2.27. The molecule has 2 heterocycles. The minimum Gasteiger partial charge on any atom is -0.385 e. The third-order valence-corrected chi connectivity index (χ3v) is 5.13. The molecule has 152 valence electrons. The molecule has 1 fully saturated rings. The Bertz CT molecular complexity index is 892. The van der Waals surface area contributed by atoms with Crippen LogP contribution < -0.4 is 16.0 Å². The summed E-state index contributed by atoms with van der Waals surface area (Å²) < 4.78 is 19.4. The van der Waals surface area contributed by atoms with Crippen LogP contribution in [-0.4, -0.2) is 50.2 Å². The SMILES string of the molecule is O=C1Nc2cccc(F)c2/C1=C/Nc1ccc(NCCCN2CCOCC2)cc1. The lowest BCUT2D eigenvalue weighted by molar-refractivity contribution is -0.110. The summed E-state index contributed by atoms with van der Waals surface area (Å²) in [5.41, 5.74) is 2.97. The van der Waals surface area contributed by atoms with E-state index in [9.17, 15) is 9.18 Å². The third kappa shape index (κ3) is 4.75. The predicted molar refractivity (Wildman–Crippen MR) is 113 cm³/mol. The maximum absolute atomic E-state index is 14.1. The van der Waals surface area contributed by atoms with Gasteiger partial charge >= 0.3 is 0 Å². The molecule has 2 aliphatic heterocycles. The minimum absolute atomic E-state index is 0.295. The van der Waals surface area contributed by atoms with Gasteiger partial charge in [0, 0.05) is 42.8 Å². The smallest absolute Gasteiger partial charge is 0.257 e. The highest BCUT2D eigenvalue weighted by molar-refractivity contribution is 6.31. The van der Waals surface area contributed by atoms with Crippen molar-refractivity contribution in [1.29, 1.82) is 0 Å². The molecule has 6 nitrogen and oxygen atoms in total. The van der Waals surface area contributed by atoms with E-state index >= 15 is 0 Å². The van der Waals surface area contributed by atoms with E-state index in [0.717, 1.165) is 57.2 Å². The van der Waals surface area contributed by atoms with Crippen LogP contribution >= 0.6 is 0 Å². The number of hydrogen-bond donors (Lipinski definition) is 3. The second-order valence-electron chi connectivity index (χ2n) is 7.13. The fourth-order valence-electron chi connectivity index (χ4n) is 3.54. The molecule has 0 bridgehead atoms. The van der Waals surface area contributed by atoms with Gasteiger partial charge in [-0.05, 0) is 49.4 Å². The molecule has 1 amide bonds. The summed E-state index contributed by atoms with van der Waals surface area (Å²) in [6.07, 6.45) is 2.63. The standard InChI is InChI=1S/C22H25FN4O2/c23-19-3-1-4-20-21(19)18(22(28)26-20)15-25-17-7-5-16(6-8-17)24-9-2-10-27-11-13-29-14-12-27/h1,3-8,15,24-25H,2,9-14H2,(H,26,28)/b18-15-. The van der Waals surface area contributed by atoms with Crippen molar-refractivity contribution in [2.24, 2.45) is 0 Å². The predicted octanol–water partition coefficient (Wildman–Crippen LogP) is 3.37. The average Bonchev–Trinajstić information content (AvgIpc) is 3.07. The Morgan fingerprint density at radius 2 is 1.86 bits per heavy atom. The quantitative estimate of drug-likeness (QED) is 0.495. The number of benzene rings is 2. The maximum Gasteiger partial charge on any atom is 0.257 e. The molecule has 29 heavy (non-hydrogen) atoms. The number of fused-ring (bicyclic) bond motifs is 1. The fraction of sp³-hybridized carbons (Fsp3) is 0.318. The molecular weight excluding hydrogens is 371 g/mol. The van der Waals surface area contributed by atoms with Crippen LogP contribution in [0.4, 0.5) is 21.5 Å². The zero-order valence-corrected chi connectivity index (χ0v) is 16.2. The van der Waals surface area contributed by atoms with Crippen LogP contribution in [-0.2, 0) is 9.53 Å². The first-order valence-corrected chi connectivity index (χ1v) is 9.92. The number of nitrogens with one attached hydrogen (secondary N) is 3. The normalized spacial score (nSPS) is 17.8. The van der Waals surface area contributed by atoms with Gasteiger partial charge in [0.1, 0.15) is 5.82 Å². The molecule has 3 N–H and O–H groups in total. The van der Waals surface area contributed by atoms with Gasteiger partial charge in [-0.1, -0.05) is 6.07 Å². The van der Waals surface area contributed by atoms with E-state index in [4.69, 9.17) is 4.74 Å². The number of morpholine rings is 1. The average molecular weight is 396 g/mol. The number of amides is 1. The first kappa shape index (κ1) is 19.4. The van der Waals surface area contributed by atoms with E-state index in [-0.39, 0.29) is 5.91 Å². The van der Waals surface area contributed by atoms with Gasteiger partial charge in [0.2, 0.25) is 0 Å². The summed E-state index contributed by atoms with van der Waals surface area (Å²) in [5.74, 6) is -0.721. The molecule has 7 heteroatoms. The van der Waals surface area contributed by atoms with Gasteiger partial charge < -0.3 is 20.7 Å². The molecule has 2 aromatic carbocycles. The maximum atomic E-state index is 14.1. The van der Waals surface area contributed by atoms with Gasteiger partial charge in [0.25, 0.3) is 5.91 Å². The van der Waals surface area contributed by atoms with Crippen molar-refractivity contribution in [1.82, 2.24) is 4.90 Å². The molecule has 1 saturated heterocycles. The number of hydrogen-bond acceptors (Lipinski definition) is 5. The van der Waals surface area contributed by atoms with Crippen molar-refractivity contribution < 1.29 is 13.9 Å². The summed E-state index contributed by atoms with van der Waals surface area (Å²) in [6, 6.07) is 12.4. The number of carbonyl (C=O) groups is 1. The Balaban J connectivity index is 1.29. The van der Waals surface area contributed by atoms with Crippen LogP contribution in [0, 0.1) is 5.82 Å². The van der Waals surface area contributed by atoms with Crippen molar-refractivity contribution in [3.63, 3.8) is 0 Å². The number of ether oxygens (including phenoxy) is 1. The topological polar surface area (TPSA) is 65.6 Å². The van der Waals surface area contributed by atoms with Crippen molar-refractivity contribution in [3.8, 4) is 0 Å². The number of halogens is 1. The van der Waals surface area contributed by atoms with Crippen LogP contribution in [0.15, 0.2) is 48.7 Å². The van der Waals surface area contributed by atoms with Gasteiger partial charge in [0.15, 0.2) is 0 Å². The first-order chi connectivity index (χ1) is 14.2. The van der Waals surface area contributed by atoms with E-state index < -0.39 is 5.82 Å². The molecule has 2 aromatic rings. The summed E-state index contributed by atoms with van der Waals surface area (Å²) in [7, 11) is 0. The van der Waals surface area contributed by atoms with Gasteiger partial charge in [-0.15, -0.1) is 0 Å². The van der Waals surface area contributed by atoms with Crippen LogP contribution in [0.2, 0.25) is 0 Å². The molecule has 0 spiro atoms. The number of carbonyl (C=O) groups excluding carboxylic acids is 1. The van der Waals surface area contributed by atoms with Crippen LogP contribution in [0.1, 0.15) is 12.0 Å². The molecule has 0 aromatic heterocycles. The molecule has 0 unspecified atom stereocenters. The van der Waals surface area contributed by atoms with Crippen LogP contribution in [0.3, 0.4) is 0 Å². The third-order valence-electron chi connectivity index (χ3n) is 5.13. The van der Waals surface area contributed by atoms with Crippen LogP contribution in [0.5, 0.6) is 0 Å². The highest BCUT2D eigenvalue weighted by Crippen LogP contribution is 2.33. The van der Waals surface area contributed by atoms with Crippen molar-refractivity contribution in [2.75, 3.05) is 55.3 Å². The highest BCUT2D eigenvalue weighted by atomic mass is 19.1. The zero-order chi connectivity index (χ0) is 20.1. The Kier molecular flexibility index (Phi) is 6.07. The Hall–Kier alpha value is -2.90. The lowest BCUT2D eigenvalue weighted by Gasteiger charge is -2.26. The molecule has 0 aliphatic carbocycles. The molecule has 2 aliphatic rings. The minimum atomic E-state index is -0.412. The van der Waals surface area contributed by atoms with Crippen LogP contribution in [0.25, 0.3) is 5.57 Å². The Labute approximate surface area is 169 Å². The lowest BCUT2D eigenvalue weighted by atomic mass is 10.1. The summed E-state index contributed by atoms with van der Waals surface area (Å²) >= 11 is 0. The van der Waals surface area contributed by atoms with Gasteiger partial charge in [-0.25, -0.2) is 4.39 Å². The van der Waals surface area contributed by atoms with E-state index in [0.29, 0.717) is 16.8 Å². The number of nitrogens with zero attached hydrogens (tertiary/aromatic N) is 1. The summed E-state index contributed by atoms with van der Waals surface area (Å²) in [6.45, 7) is 5.68. The van der Waals surface area contributed by atoms with Gasteiger partial charge in [-0.2, -0.15) is 0 Å². The Morgan fingerprint density at radius 1 is 1.10 bits per heavy atom. The van der Waals surface area contributed by atoms with E-state index in [1.807, 2.05) is 24.3 Å². The molecule has 0 saturated carbocycles. The monoisotopic (exact) mass is 396 g/mol. The zero-order valence-electron chi connectivity index (χ0n) is 16.2. The molecule has 0 atom stereocenters. The summed E-state index contributed by atoms with van der Waals surface area (Å²) in [5, 5.41) is 9.19. The van der Waals surface area contributed by atoms with E-state index in [1.54, 1.807) is 18.3 Å². The molecular formula is C22H25FN4O2. The Morgan fingerprint density at radius 3 is 2.66 bits per heavy atom. The van der Waals surface area contributed by atoms with Crippen molar-refractivity contribution in [2.45, 2.75) is 6.42 Å². The first-order valence-electron chi connectivity index (χ1n) is 9.92. The van der Waals surface area contributed by atoms with E-state index in [2.05, 4.69) is 20.9 Å². The lowest BCUT2D eigenvalue weighted by Crippen LogP contribution is -2.37. The number of anilines is 3. The van der Waals surface area contributed by atoms with Gasteiger partial charge in [0.05, 0.1) is 24.5 Å². The van der Waals surface area contributed by atoms with Gasteiger partial charge in [-0.3, -0.25) is 9.69 Å². The second kappa shape index (κ2) is 9.07. The van der Waals surface area contributed by atoms with E-state index in [1.165, 1.54) is 6.07 Å². The number of rotatable bonds is 7. The molecule has 4 rings (SSSR count). The summed E-state index contributed by atoms with van der Waals surface area (Å²) in [4.78, 5) is 14.5. The fourth-order valence-corrected chi connectivity index (χ4v) is 3.54. The largest absolute Gasteiger partial charge is 0.385 e.